The van der Waals surface area contributed by atoms with E-state index < -0.39 is 15.6 Å². The minimum Gasteiger partial charge on any atom is -0.386 e. The average molecular weight is 300 g/mol. The molecule has 112 valence electrons. The van der Waals surface area contributed by atoms with Gasteiger partial charge in [0.05, 0.1) is 11.5 Å². The van der Waals surface area contributed by atoms with E-state index in [4.69, 9.17) is 9.88 Å². The first-order chi connectivity index (χ1) is 9.30. The van der Waals surface area contributed by atoms with Crippen molar-refractivity contribution in [2.75, 3.05) is 19.8 Å². The van der Waals surface area contributed by atoms with Gasteiger partial charge in [-0.05, 0) is 24.6 Å². The molecule has 20 heavy (non-hydrogen) atoms. The molecule has 0 bridgehead atoms. The summed E-state index contributed by atoms with van der Waals surface area (Å²) < 4.78 is 27.5. The molecule has 6 nitrogen and oxygen atoms in total. The molecular formula is C13H20N2O4S. The monoisotopic (exact) mass is 300 g/mol. The average Bonchev–Trinajstić information content (AvgIpc) is 2.83. The number of rotatable bonds is 5. The Bertz CT molecular complexity index is 550. The third kappa shape index (κ3) is 3.77. The van der Waals surface area contributed by atoms with Gasteiger partial charge in [0.2, 0.25) is 10.0 Å². The van der Waals surface area contributed by atoms with E-state index in [1.54, 1.807) is 12.1 Å². The molecule has 0 saturated carbocycles. The van der Waals surface area contributed by atoms with Crippen LogP contribution in [0, 0.1) is 0 Å². The molecular weight excluding hydrogens is 280 g/mol. The van der Waals surface area contributed by atoms with E-state index in [1.807, 2.05) is 6.92 Å². The summed E-state index contributed by atoms with van der Waals surface area (Å²) >= 11 is 0. The summed E-state index contributed by atoms with van der Waals surface area (Å²) in [5.41, 5.74) is 0.120. The fourth-order valence-corrected chi connectivity index (χ4v) is 2.66. The van der Waals surface area contributed by atoms with Gasteiger partial charge in [-0.25, -0.2) is 13.6 Å². The number of primary sulfonamides is 1. The maximum Gasteiger partial charge on any atom is 0.238 e. The fourth-order valence-electron chi connectivity index (χ4n) is 2.14. The van der Waals surface area contributed by atoms with Crippen LogP contribution in [-0.2, 0) is 14.8 Å². The predicted octanol–water partition coefficient (Wildman–Crippen LogP) is 0.136. The lowest BCUT2D eigenvalue weighted by molar-refractivity contribution is 0.0252. The molecule has 1 saturated heterocycles. The van der Waals surface area contributed by atoms with E-state index in [1.165, 1.54) is 12.1 Å². The lowest BCUT2D eigenvalue weighted by Gasteiger charge is -2.24. The highest BCUT2D eigenvalue weighted by atomic mass is 32.2. The molecule has 0 radical (unpaired) electrons. The molecule has 7 heteroatoms. The molecule has 0 amide bonds. The third-order valence-electron chi connectivity index (χ3n) is 3.53. The molecule has 1 aromatic carbocycles. The number of nitrogens with one attached hydrogen (secondary N) is 1. The predicted molar refractivity (Wildman–Crippen MR) is 74.6 cm³/mol. The standard InChI is InChI=1S/C13H20N2O4S/c1-10(15-8-13(16)6-7-19-9-13)11-2-4-12(5-3-11)20(14,17)18/h2-5,10,15-16H,6-9H2,1H3,(H2,14,17,18). The number of aliphatic hydroxyl groups is 1. The molecule has 2 unspecified atom stereocenters. The van der Waals surface area contributed by atoms with Crippen LogP contribution in [0.3, 0.4) is 0 Å². The molecule has 1 heterocycles. The maximum atomic E-state index is 11.2. The molecule has 1 aliphatic heterocycles. The Morgan fingerprint density at radius 1 is 1.45 bits per heavy atom. The number of benzene rings is 1. The van der Waals surface area contributed by atoms with E-state index in [9.17, 15) is 13.5 Å². The van der Waals surface area contributed by atoms with Gasteiger partial charge in [0.1, 0.15) is 5.60 Å². The van der Waals surface area contributed by atoms with Crippen LogP contribution in [0.25, 0.3) is 0 Å². The van der Waals surface area contributed by atoms with Gasteiger partial charge in [-0.15, -0.1) is 0 Å². The molecule has 2 rings (SSSR count). The van der Waals surface area contributed by atoms with E-state index in [2.05, 4.69) is 5.32 Å². The van der Waals surface area contributed by atoms with Crippen molar-refractivity contribution in [2.24, 2.45) is 5.14 Å². The molecule has 0 spiro atoms. The minimum absolute atomic E-state index is 0.00541. The Balaban J connectivity index is 1.97. The lowest BCUT2D eigenvalue weighted by Crippen LogP contribution is -2.41. The Morgan fingerprint density at radius 2 is 2.10 bits per heavy atom. The first kappa shape index (κ1) is 15.4. The van der Waals surface area contributed by atoms with Crippen LogP contribution < -0.4 is 10.5 Å². The summed E-state index contributed by atoms with van der Waals surface area (Å²) in [5.74, 6) is 0. The zero-order valence-corrected chi connectivity index (χ0v) is 12.2. The third-order valence-corrected chi connectivity index (χ3v) is 4.46. The van der Waals surface area contributed by atoms with Crippen molar-refractivity contribution in [1.82, 2.24) is 5.32 Å². The molecule has 1 aromatic rings. The maximum absolute atomic E-state index is 11.2. The Labute approximate surface area is 119 Å². The topological polar surface area (TPSA) is 102 Å². The largest absolute Gasteiger partial charge is 0.386 e. The second kappa shape index (κ2) is 5.79. The van der Waals surface area contributed by atoms with E-state index in [0.29, 0.717) is 26.2 Å². The number of nitrogens with two attached hydrogens (primary N) is 1. The van der Waals surface area contributed by atoms with Gasteiger partial charge in [-0.3, -0.25) is 0 Å². The van der Waals surface area contributed by atoms with Gasteiger partial charge in [-0.2, -0.15) is 0 Å². The minimum atomic E-state index is -3.66. The second-order valence-corrected chi connectivity index (χ2v) is 6.80. The zero-order valence-electron chi connectivity index (χ0n) is 11.4. The van der Waals surface area contributed by atoms with Crippen LogP contribution in [0.1, 0.15) is 24.9 Å². The molecule has 1 aliphatic rings. The van der Waals surface area contributed by atoms with Gasteiger partial charge < -0.3 is 15.2 Å². The normalized spacial score (nSPS) is 24.8. The molecule has 1 fully saturated rings. The van der Waals surface area contributed by atoms with Gasteiger partial charge in [-0.1, -0.05) is 12.1 Å². The van der Waals surface area contributed by atoms with Crippen molar-refractivity contribution >= 4 is 10.0 Å². The van der Waals surface area contributed by atoms with Crippen molar-refractivity contribution in [3.05, 3.63) is 29.8 Å². The summed E-state index contributed by atoms with van der Waals surface area (Å²) in [7, 11) is -3.66. The van der Waals surface area contributed by atoms with Gasteiger partial charge in [0.25, 0.3) is 0 Å². The first-order valence-electron chi connectivity index (χ1n) is 6.46. The van der Waals surface area contributed by atoms with Crippen LogP contribution in [-0.4, -0.2) is 38.9 Å². The quantitative estimate of drug-likeness (QED) is 0.718. The fraction of sp³-hybridized carbons (Fsp3) is 0.538. The molecule has 0 aromatic heterocycles. The van der Waals surface area contributed by atoms with Crippen molar-refractivity contribution < 1.29 is 18.3 Å². The highest BCUT2D eigenvalue weighted by Gasteiger charge is 2.32. The van der Waals surface area contributed by atoms with E-state index in [0.717, 1.165) is 5.56 Å². The van der Waals surface area contributed by atoms with Crippen LogP contribution in [0.5, 0.6) is 0 Å². The number of sulfonamides is 1. The summed E-state index contributed by atoms with van der Waals surface area (Å²) in [6.45, 7) is 3.31. The van der Waals surface area contributed by atoms with E-state index >= 15 is 0 Å². The molecule has 0 aliphatic carbocycles. The Kier molecular flexibility index (Phi) is 4.46. The summed E-state index contributed by atoms with van der Waals surface area (Å²) in [6, 6.07) is 6.39. The van der Waals surface area contributed by atoms with Crippen molar-refractivity contribution in [3.8, 4) is 0 Å². The number of hydrogen-bond acceptors (Lipinski definition) is 5. The SMILES string of the molecule is CC(NCC1(O)CCOC1)c1ccc(S(N)(=O)=O)cc1. The molecule has 4 N–H and O–H groups in total. The highest BCUT2D eigenvalue weighted by molar-refractivity contribution is 7.89. The molecule has 2 atom stereocenters. The van der Waals surface area contributed by atoms with Gasteiger partial charge in [0.15, 0.2) is 0 Å². The van der Waals surface area contributed by atoms with Crippen molar-refractivity contribution in [1.29, 1.82) is 0 Å². The Morgan fingerprint density at radius 3 is 2.60 bits per heavy atom. The number of ether oxygens (including phenoxy) is 1. The smallest absolute Gasteiger partial charge is 0.238 e. The van der Waals surface area contributed by atoms with Crippen molar-refractivity contribution in [3.63, 3.8) is 0 Å². The summed E-state index contributed by atoms with van der Waals surface area (Å²) in [5, 5.41) is 18.4. The van der Waals surface area contributed by atoms with Crippen LogP contribution in [0.15, 0.2) is 29.2 Å². The number of hydrogen-bond donors (Lipinski definition) is 3. The van der Waals surface area contributed by atoms with Gasteiger partial charge >= 0.3 is 0 Å². The van der Waals surface area contributed by atoms with Gasteiger partial charge in [0, 0.05) is 25.6 Å². The lowest BCUT2D eigenvalue weighted by atomic mass is 10.0. The first-order valence-corrected chi connectivity index (χ1v) is 8.01. The van der Waals surface area contributed by atoms with Crippen LogP contribution >= 0.6 is 0 Å². The summed E-state index contributed by atoms with van der Waals surface area (Å²) in [4.78, 5) is 0.0938. The van der Waals surface area contributed by atoms with Crippen LogP contribution in [0.4, 0.5) is 0 Å². The second-order valence-electron chi connectivity index (χ2n) is 5.24. The highest BCUT2D eigenvalue weighted by Crippen LogP contribution is 2.20. The van der Waals surface area contributed by atoms with E-state index in [-0.39, 0.29) is 10.9 Å². The summed E-state index contributed by atoms with van der Waals surface area (Å²) in [6.07, 6.45) is 0.622. The Hall–Kier alpha value is -0.990. The van der Waals surface area contributed by atoms with Crippen molar-refractivity contribution in [2.45, 2.75) is 29.9 Å². The van der Waals surface area contributed by atoms with Crippen LogP contribution in [0.2, 0.25) is 0 Å². The zero-order chi connectivity index (χ0) is 14.8.